The zero-order valence-corrected chi connectivity index (χ0v) is 10.9. The number of hydrogen-bond acceptors (Lipinski definition) is 2. The fourth-order valence-electron chi connectivity index (χ4n) is 1.64. The Morgan fingerprint density at radius 2 is 2.19 bits per heavy atom. The Hall–Kier alpha value is -0.670. The first-order valence-electron chi connectivity index (χ1n) is 5.19. The minimum absolute atomic E-state index is 0.114. The lowest BCUT2D eigenvalue weighted by Crippen LogP contribution is -2.28. The van der Waals surface area contributed by atoms with Crippen LogP contribution in [-0.4, -0.2) is 11.9 Å². The van der Waals surface area contributed by atoms with Crippen LogP contribution < -0.4 is 5.32 Å². The van der Waals surface area contributed by atoms with E-state index in [-0.39, 0.29) is 17.4 Å². The van der Waals surface area contributed by atoms with Crippen LogP contribution in [0.15, 0.2) is 23.1 Å². The average molecular weight is 256 g/mol. The fraction of sp³-hybridized carbons (Fsp3) is 0.417. The summed E-state index contributed by atoms with van der Waals surface area (Å²) in [6.07, 6.45) is 1.02. The molecule has 1 fully saturated rings. The number of amides is 1. The van der Waals surface area contributed by atoms with Crippen molar-refractivity contribution in [2.45, 2.75) is 31.2 Å². The Bertz CT molecular complexity index is 445. The molecule has 16 heavy (non-hydrogen) atoms. The largest absolute Gasteiger partial charge is 0.349 e. The van der Waals surface area contributed by atoms with Gasteiger partial charge in [0, 0.05) is 10.9 Å². The highest BCUT2D eigenvalue weighted by Crippen LogP contribution is 2.44. The van der Waals surface area contributed by atoms with Crippen molar-refractivity contribution in [1.29, 1.82) is 0 Å². The summed E-state index contributed by atoms with van der Waals surface area (Å²) in [5.41, 5.74) is 0.720. The van der Waals surface area contributed by atoms with Crippen molar-refractivity contribution in [3.05, 3.63) is 28.8 Å². The van der Waals surface area contributed by atoms with E-state index in [0.29, 0.717) is 10.6 Å². The zero-order chi connectivity index (χ0) is 11.9. The molecular formula is C12H14ClNOS. The van der Waals surface area contributed by atoms with Gasteiger partial charge in [-0.15, -0.1) is 12.6 Å². The predicted molar refractivity (Wildman–Crippen MR) is 68.4 cm³/mol. The van der Waals surface area contributed by atoms with Gasteiger partial charge in [0.2, 0.25) is 0 Å². The van der Waals surface area contributed by atoms with E-state index in [1.807, 2.05) is 0 Å². The molecule has 86 valence electrons. The molecule has 0 aromatic heterocycles. The molecule has 1 aromatic carbocycles. The fourth-order valence-corrected chi connectivity index (χ4v) is 2.04. The molecule has 4 heteroatoms. The van der Waals surface area contributed by atoms with Crippen molar-refractivity contribution in [3.63, 3.8) is 0 Å². The van der Waals surface area contributed by atoms with Crippen LogP contribution in [0.5, 0.6) is 0 Å². The summed E-state index contributed by atoms with van der Waals surface area (Å²) in [4.78, 5) is 12.7. The van der Waals surface area contributed by atoms with E-state index >= 15 is 0 Å². The molecule has 2 rings (SSSR count). The lowest BCUT2D eigenvalue weighted by atomic mass is 10.1. The van der Waals surface area contributed by atoms with Gasteiger partial charge in [0.05, 0.1) is 10.6 Å². The summed E-state index contributed by atoms with van der Waals surface area (Å²) >= 11 is 10.2. The Kier molecular flexibility index (Phi) is 2.93. The van der Waals surface area contributed by atoms with Gasteiger partial charge in [-0.1, -0.05) is 25.4 Å². The molecule has 1 aliphatic rings. The Labute approximate surface area is 106 Å². The van der Waals surface area contributed by atoms with Crippen LogP contribution in [0.25, 0.3) is 0 Å². The van der Waals surface area contributed by atoms with Crippen LogP contribution in [-0.2, 0) is 0 Å². The summed E-state index contributed by atoms with van der Waals surface area (Å²) < 4.78 is 0. The standard InChI is InChI=1S/C12H14ClNOS/c1-12(2)6-10(12)14-11(15)8-5-7(16)3-4-9(8)13/h3-5,10,16H,6H2,1-2H3,(H,14,15). The second-order valence-corrected chi connectivity index (χ2v) is 5.81. The highest BCUT2D eigenvalue weighted by Gasteiger charge is 2.46. The third-order valence-electron chi connectivity index (χ3n) is 3.01. The highest BCUT2D eigenvalue weighted by atomic mass is 35.5. The summed E-state index contributed by atoms with van der Waals surface area (Å²) in [6.45, 7) is 4.27. The van der Waals surface area contributed by atoms with E-state index in [0.717, 1.165) is 11.3 Å². The van der Waals surface area contributed by atoms with Gasteiger partial charge in [-0.25, -0.2) is 0 Å². The maximum Gasteiger partial charge on any atom is 0.253 e. The number of thiol groups is 1. The smallest absolute Gasteiger partial charge is 0.253 e. The summed E-state index contributed by atoms with van der Waals surface area (Å²) in [5.74, 6) is -0.114. The molecule has 0 radical (unpaired) electrons. The molecule has 0 aliphatic heterocycles. The molecule has 1 saturated carbocycles. The molecule has 0 bridgehead atoms. The molecule has 1 aromatic rings. The third-order valence-corrected chi connectivity index (χ3v) is 3.62. The van der Waals surface area contributed by atoms with Crippen LogP contribution in [0, 0.1) is 5.41 Å². The number of carbonyl (C=O) groups excluding carboxylic acids is 1. The molecule has 1 atom stereocenters. The molecular weight excluding hydrogens is 242 g/mol. The first kappa shape index (κ1) is 11.8. The number of halogens is 1. The lowest BCUT2D eigenvalue weighted by molar-refractivity contribution is 0.0946. The number of hydrogen-bond donors (Lipinski definition) is 2. The second kappa shape index (κ2) is 3.97. The Morgan fingerprint density at radius 3 is 2.75 bits per heavy atom. The van der Waals surface area contributed by atoms with Crippen molar-refractivity contribution in [1.82, 2.24) is 5.32 Å². The molecule has 0 spiro atoms. The van der Waals surface area contributed by atoms with Crippen LogP contribution in [0.4, 0.5) is 0 Å². The van der Waals surface area contributed by atoms with E-state index < -0.39 is 0 Å². The van der Waals surface area contributed by atoms with Gasteiger partial charge in [0.25, 0.3) is 5.91 Å². The molecule has 1 aliphatic carbocycles. The van der Waals surface area contributed by atoms with Crippen LogP contribution >= 0.6 is 24.2 Å². The number of nitrogens with one attached hydrogen (secondary N) is 1. The van der Waals surface area contributed by atoms with Crippen LogP contribution in [0.1, 0.15) is 30.6 Å². The first-order chi connectivity index (χ1) is 7.40. The summed E-state index contributed by atoms with van der Waals surface area (Å²) in [7, 11) is 0. The molecule has 0 saturated heterocycles. The van der Waals surface area contributed by atoms with Crippen molar-refractivity contribution >= 4 is 30.1 Å². The third kappa shape index (κ3) is 2.36. The normalized spacial score (nSPS) is 21.6. The topological polar surface area (TPSA) is 29.1 Å². The molecule has 2 nitrogen and oxygen atoms in total. The minimum atomic E-state index is -0.114. The van der Waals surface area contributed by atoms with E-state index in [2.05, 4.69) is 31.8 Å². The monoisotopic (exact) mass is 255 g/mol. The SMILES string of the molecule is CC1(C)CC1NC(=O)c1cc(S)ccc1Cl. The lowest BCUT2D eigenvalue weighted by Gasteiger charge is -2.08. The van der Waals surface area contributed by atoms with E-state index in [9.17, 15) is 4.79 Å². The Balaban J connectivity index is 2.12. The molecule has 1 unspecified atom stereocenters. The first-order valence-corrected chi connectivity index (χ1v) is 6.02. The van der Waals surface area contributed by atoms with Crippen molar-refractivity contribution in [2.24, 2.45) is 5.41 Å². The maximum atomic E-state index is 11.9. The van der Waals surface area contributed by atoms with Gasteiger partial charge in [-0.2, -0.15) is 0 Å². The van der Waals surface area contributed by atoms with E-state index in [1.54, 1.807) is 18.2 Å². The number of carbonyl (C=O) groups is 1. The number of rotatable bonds is 2. The molecule has 1 N–H and O–H groups in total. The predicted octanol–water partition coefficient (Wildman–Crippen LogP) is 3.16. The highest BCUT2D eigenvalue weighted by molar-refractivity contribution is 7.80. The minimum Gasteiger partial charge on any atom is -0.349 e. The van der Waals surface area contributed by atoms with Crippen LogP contribution in [0.3, 0.4) is 0 Å². The Morgan fingerprint density at radius 1 is 1.56 bits per heavy atom. The van der Waals surface area contributed by atoms with E-state index in [4.69, 9.17) is 11.6 Å². The molecule has 0 heterocycles. The van der Waals surface area contributed by atoms with Crippen molar-refractivity contribution in [3.8, 4) is 0 Å². The maximum absolute atomic E-state index is 11.9. The second-order valence-electron chi connectivity index (χ2n) is 4.88. The van der Waals surface area contributed by atoms with E-state index in [1.165, 1.54) is 0 Å². The van der Waals surface area contributed by atoms with Crippen molar-refractivity contribution < 1.29 is 4.79 Å². The molecule has 1 amide bonds. The quantitative estimate of drug-likeness (QED) is 0.781. The van der Waals surface area contributed by atoms with Gasteiger partial charge in [-0.05, 0) is 30.0 Å². The van der Waals surface area contributed by atoms with Gasteiger partial charge in [0.1, 0.15) is 0 Å². The van der Waals surface area contributed by atoms with Gasteiger partial charge < -0.3 is 5.32 Å². The van der Waals surface area contributed by atoms with Crippen molar-refractivity contribution in [2.75, 3.05) is 0 Å². The van der Waals surface area contributed by atoms with Gasteiger partial charge >= 0.3 is 0 Å². The average Bonchev–Trinajstić information content (AvgIpc) is 2.77. The summed E-state index contributed by atoms with van der Waals surface area (Å²) in [6, 6.07) is 5.41. The summed E-state index contributed by atoms with van der Waals surface area (Å²) in [5, 5.41) is 3.44. The number of benzene rings is 1. The van der Waals surface area contributed by atoms with Gasteiger partial charge in [0.15, 0.2) is 0 Å². The zero-order valence-electron chi connectivity index (χ0n) is 9.25. The van der Waals surface area contributed by atoms with Gasteiger partial charge in [-0.3, -0.25) is 4.79 Å². The van der Waals surface area contributed by atoms with Crippen LogP contribution in [0.2, 0.25) is 5.02 Å².